The Kier molecular flexibility index (Phi) is 4.62. The van der Waals surface area contributed by atoms with Crippen molar-refractivity contribution in [3.05, 3.63) is 23.0 Å². The van der Waals surface area contributed by atoms with Crippen molar-refractivity contribution in [2.75, 3.05) is 0 Å². The summed E-state index contributed by atoms with van der Waals surface area (Å²) in [6.45, 7) is 5.77. The van der Waals surface area contributed by atoms with Crippen molar-refractivity contribution in [1.29, 1.82) is 0 Å². The molecule has 0 aliphatic heterocycles. The second-order valence-corrected chi connectivity index (χ2v) is 2.18. The number of aryl methyl sites for hydroxylation is 1. The Morgan fingerprint density at radius 3 is 2.36 bits per heavy atom. The van der Waals surface area contributed by atoms with Gasteiger partial charge >= 0.3 is 0 Å². The smallest absolute Gasteiger partial charge is 0.136 e. The van der Waals surface area contributed by atoms with Crippen molar-refractivity contribution >= 4 is 11.6 Å². The van der Waals surface area contributed by atoms with Crippen LogP contribution < -0.4 is 0 Å². The molecule has 62 valence electrons. The van der Waals surface area contributed by atoms with Gasteiger partial charge in [0.05, 0.1) is 6.20 Å². The van der Waals surface area contributed by atoms with E-state index in [-0.39, 0.29) is 5.75 Å². The summed E-state index contributed by atoms with van der Waals surface area (Å²) in [6.07, 6.45) is 1.33. The Morgan fingerprint density at radius 1 is 1.45 bits per heavy atom. The summed E-state index contributed by atoms with van der Waals surface area (Å²) >= 11 is 5.49. The molecule has 1 rings (SSSR count). The molecule has 0 saturated carbocycles. The van der Waals surface area contributed by atoms with Gasteiger partial charge in [-0.2, -0.15) is 0 Å². The third-order valence-corrected chi connectivity index (χ3v) is 1.26. The van der Waals surface area contributed by atoms with Crippen LogP contribution in [0, 0.1) is 6.92 Å². The number of hydrogen-bond donors (Lipinski definition) is 1. The Balaban J connectivity index is 0.000000461. The van der Waals surface area contributed by atoms with Crippen molar-refractivity contribution in [1.82, 2.24) is 4.98 Å². The van der Waals surface area contributed by atoms with E-state index in [0.717, 1.165) is 5.56 Å². The molecule has 0 fully saturated rings. The van der Waals surface area contributed by atoms with Crippen LogP contribution in [0.5, 0.6) is 5.75 Å². The molecule has 0 aromatic carbocycles. The predicted octanol–water partition coefficient (Wildman–Crippen LogP) is 2.78. The van der Waals surface area contributed by atoms with Crippen LogP contribution in [0.25, 0.3) is 0 Å². The normalized spacial score (nSPS) is 8.36. The van der Waals surface area contributed by atoms with Crippen molar-refractivity contribution in [3.63, 3.8) is 0 Å². The highest BCUT2D eigenvalue weighted by atomic mass is 35.5. The quantitative estimate of drug-likeness (QED) is 0.612. The van der Waals surface area contributed by atoms with E-state index >= 15 is 0 Å². The van der Waals surface area contributed by atoms with Gasteiger partial charge in [-0.3, -0.25) is 0 Å². The summed E-state index contributed by atoms with van der Waals surface area (Å²) in [4.78, 5) is 3.65. The number of pyridine rings is 1. The highest BCUT2D eigenvalue weighted by Crippen LogP contribution is 2.16. The first-order valence-electron chi connectivity index (χ1n) is 3.51. The fourth-order valence-corrected chi connectivity index (χ4v) is 0.727. The largest absolute Gasteiger partial charge is 0.506 e. The Hall–Kier alpha value is -0.760. The van der Waals surface area contributed by atoms with Gasteiger partial charge < -0.3 is 5.11 Å². The number of halogens is 1. The molecular weight excluding hydrogens is 162 g/mol. The molecule has 2 nitrogen and oxygen atoms in total. The average Bonchev–Trinajstić information content (AvgIpc) is 2.02. The lowest BCUT2D eigenvalue weighted by Gasteiger charge is -1.94. The first-order valence-corrected chi connectivity index (χ1v) is 3.89. The number of aromatic hydroxyl groups is 1. The van der Waals surface area contributed by atoms with Gasteiger partial charge in [-0.05, 0) is 18.6 Å². The van der Waals surface area contributed by atoms with E-state index in [1.54, 1.807) is 13.0 Å². The van der Waals surface area contributed by atoms with Gasteiger partial charge in [-0.25, -0.2) is 4.98 Å². The Morgan fingerprint density at radius 2 is 2.00 bits per heavy atom. The van der Waals surface area contributed by atoms with Gasteiger partial charge in [-0.15, -0.1) is 0 Å². The maximum Gasteiger partial charge on any atom is 0.136 e. The molecule has 1 aromatic heterocycles. The minimum atomic E-state index is 0.180. The van der Waals surface area contributed by atoms with E-state index < -0.39 is 0 Å². The monoisotopic (exact) mass is 173 g/mol. The van der Waals surface area contributed by atoms with Crippen LogP contribution >= 0.6 is 11.6 Å². The van der Waals surface area contributed by atoms with E-state index in [1.165, 1.54) is 6.20 Å². The molecule has 1 aromatic rings. The topological polar surface area (TPSA) is 33.1 Å². The zero-order valence-electron chi connectivity index (χ0n) is 6.93. The zero-order valence-corrected chi connectivity index (χ0v) is 7.68. The fraction of sp³-hybridized carbons (Fsp3) is 0.375. The first kappa shape index (κ1) is 10.2. The molecule has 0 saturated heterocycles. The standard InChI is InChI=1S/C6H6ClNO.C2H6/c1-4-2-6(7)8-3-5(4)9;1-2/h2-3,9H,1H3;1-2H3. The van der Waals surface area contributed by atoms with Gasteiger partial charge in [0.25, 0.3) is 0 Å². The van der Waals surface area contributed by atoms with Gasteiger partial charge in [0, 0.05) is 0 Å². The molecule has 0 bridgehead atoms. The number of aromatic nitrogens is 1. The van der Waals surface area contributed by atoms with E-state index in [1.807, 2.05) is 13.8 Å². The van der Waals surface area contributed by atoms with Gasteiger partial charge in [0.2, 0.25) is 0 Å². The summed E-state index contributed by atoms with van der Waals surface area (Å²) < 4.78 is 0. The fourth-order valence-electron chi connectivity index (χ4n) is 0.514. The lowest BCUT2D eigenvalue weighted by Crippen LogP contribution is -1.77. The summed E-state index contributed by atoms with van der Waals surface area (Å²) in [5.74, 6) is 0.180. The number of hydrogen-bond acceptors (Lipinski definition) is 2. The van der Waals surface area contributed by atoms with Gasteiger partial charge in [0.1, 0.15) is 10.9 Å². The van der Waals surface area contributed by atoms with Crippen LogP contribution in [0.15, 0.2) is 12.3 Å². The van der Waals surface area contributed by atoms with Crippen LogP contribution in [-0.2, 0) is 0 Å². The molecule has 3 heteroatoms. The first-order chi connectivity index (χ1) is 5.20. The van der Waals surface area contributed by atoms with E-state index in [9.17, 15) is 0 Å². The highest BCUT2D eigenvalue weighted by molar-refractivity contribution is 6.29. The Bertz CT molecular complexity index is 225. The third kappa shape index (κ3) is 3.23. The molecule has 0 radical (unpaired) electrons. The minimum absolute atomic E-state index is 0.180. The molecule has 0 amide bonds. The van der Waals surface area contributed by atoms with Crippen LogP contribution in [0.4, 0.5) is 0 Å². The third-order valence-electron chi connectivity index (χ3n) is 1.05. The molecule has 0 unspecified atom stereocenters. The second kappa shape index (κ2) is 4.97. The summed E-state index contributed by atoms with van der Waals surface area (Å²) in [5, 5.41) is 9.33. The van der Waals surface area contributed by atoms with Crippen molar-refractivity contribution in [2.24, 2.45) is 0 Å². The molecule has 1 heterocycles. The molecule has 0 aliphatic carbocycles. The SMILES string of the molecule is CC.Cc1cc(Cl)ncc1O. The molecule has 1 N–H and O–H groups in total. The van der Waals surface area contributed by atoms with E-state index in [4.69, 9.17) is 16.7 Å². The van der Waals surface area contributed by atoms with Crippen molar-refractivity contribution in [3.8, 4) is 5.75 Å². The van der Waals surface area contributed by atoms with Crippen molar-refractivity contribution < 1.29 is 5.11 Å². The minimum Gasteiger partial charge on any atom is -0.506 e. The summed E-state index contributed by atoms with van der Waals surface area (Å²) in [6, 6.07) is 1.61. The van der Waals surface area contributed by atoms with E-state index in [0.29, 0.717) is 5.15 Å². The summed E-state index contributed by atoms with van der Waals surface area (Å²) in [7, 11) is 0. The molecule has 11 heavy (non-hydrogen) atoms. The number of nitrogens with zero attached hydrogens (tertiary/aromatic N) is 1. The lowest BCUT2D eigenvalue weighted by molar-refractivity contribution is 0.468. The average molecular weight is 174 g/mol. The maximum absolute atomic E-state index is 8.92. The van der Waals surface area contributed by atoms with Gasteiger partial charge in [-0.1, -0.05) is 25.4 Å². The Labute approximate surface area is 71.8 Å². The number of rotatable bonds is 0. The van der Waals surface area contributed by atoms with Crippen molar-refractivity contribution in [2.45, 2.75) is 20.8 Å². The van der Waals surface area contributed by atoms with Gasteiger partial charge in [0.15, 0.2) is 0 Å². The van der Waals surface area contributed by atoms with Crippen LogP contribution in [0.2, 0.25) is 5.15 Å². The predicted molar refractivity (Wildman–Crippen MR) is 47.0 cm³/mol. The van der Waals surface area contributed by atoms with Crippen LogP contribution in [0.1, 0.15) is 19.4 Å². The van der Waals surface area contributed by atoms with Crippen LogP contribution in [-0.4, -0.2) is 10.1 Å². The molecule has 0 aliphatic rings. The lowest BCUT2D eigenvalue weighted by atomic mass is 10.3. The second-order valence-electron chi connectivity index (χ2n) is 1.79. The summed E-state index contributed by atoms with van der Waals surface area (Å²) in [5.41, 5.74) is 0.745. The maximum atomic E-state index is 8.92. The van der Waals surface area contributed by atoms with E-state index in [2.05, 4.69) is 4.98 Å². The molecular formula is C8H12ClNO. The molecule has 0 atom stereocenters. The zero-order chi connectivity index (χ0) is 8.85. The molecule has 0 spiro atoms. The van der Waals surface area contributed by atoms with Crippen LogP contribution in [0.3, 0.4) is 0 Å². The highest BCUT2D eigenvalue weighted by Gasteiger charge is 1.94.